The minimum atomic E-state index is -4.09. The van der Waals surface area contributed by atoms with Crippen molar-refractivity contribution in [1.82, 2.24) is 4.90 Å². The molecule has 0 bridgehead atoms. The molecule has 72 valence electrons. The molecule has 0 N–H and O–H groups in total. The fraction of sp³-hybridized carbons (Fsp3) is 1.00. The quantitative estimate of drug-likeness (QED) is 0.620. The van der Waals surface area contributed by atoms with E-state index in [-0.39, 0.29) is 6.04 Å². The Balaban J connectivity index is 2.41. The molecule has 1 heterocycles. The lowest BCUT2D eigenvalue weighted by Gasteiger charge is -2.23. The Morgan fingerprint density at radius 1 is 1.42 bits per heavy atom. The maximum Gasteiger partial charge on any atom is 0.401 e. The highest BCUT2D eigenvalue weighted by molar-refractivity contribution is 6.18. The van der Waals surface area contributed by atoms with Crippen LogP contribution in [-0.2, 0) is 0 Å². The highest BCUT2D eigenvalue weighted by atomic mass is 35.5. The van der Waals surface area contributed by atoms with E-state index in [0.717, 1.165) is 12.8 Å². The second-order valence-electron chi connectivity index (χ2n) is 3.04. The highest BCUT2D eigenvalue weighted by Crippen LogP contribution is 2.24. The molecule has 5 heteroatoms. The van der Waals surface area contributed by atoms with Crippen LogP contribution in [0.1, 0.15) is 12.8 Å². The van der Waals surface area contributed by atoms with E-state index in [1.807, 2.05) is 0 Å². The summed E-state index contributed by atoms with van der Waals surface area (Å²) in [5, 5.41) is 0. The second-order valence-corrected chi connectivity index (χ2v) is 3.34. The molecule has 0 aromatic rings. The monoisotopic (exact) mass is 201 g/mol. The van der Waals surface area contributed by atoms with Crippen LogP contribution in [0.5, 0.6) is 0 Å². The minimum absolute atomic E-state index is 0.0757. The lowest BCUT2D eigenvalue weighted by molar-refractivity contribution is -0.146. The van der Waals surface area contributed by atoms with E-state index >= 15 is 0 Å². The minimum Gasteiger partial charge on any atom is -0.291 e. The Kier molecular flexibility index (Phi) is 3.23. The molecule has 0 radical (unpaired) electrons. The molecule has 0 amide bonds. The summed E-state index contributed by atoms with van der Waals surface area (Å²) < 4.78 is 35.8. The SMILES string of the molecule is FC(F)(F)CN1CCCC1CCl. The Morgan fingerprint density at radius 3 is 2.58 bits per heavy atom. The molecule has 0 aromatic heterocycles. The number of halogens is 4. The molecular formula is C7H11ClF3N. The molecule has 1 fully saturated rings. The molecule has 0 saturated carbocycles. The van der Waals surface area contributed by atoms with Crippen molar-refractivity contribution in [3.8, 4) is 0 Å². The van der Waals surface area contributed by atoms with Gasteiger partial charge in [0.15, 0.2) is 0 Å². The number of alkyl halides is 4. The molecule has 1 nitrogen and oxygen atoms in total. The largest absolute Gasteiger partial charge is 0.401 e. The van der Waals surface area contributed by atoms with Crippen LogP contribution in [-0.4, -0.2) is 36.1 Å². The summed E-state index contributed by atoms with van der Waals surface area (Å²) in [5.41, 5.74) is 0. The molecule has 0 spiro atoms. The molecule has 1 saturated heterocycles. The third kappa shape index (κ3) is 2.83. The smallest absolute Gasteiger partial charge is 0.291 e. The van der Waals surface area contributed by atoms with Crippen molar-refractivity contribution in [2.45, 2.75) is 25.1 Å². The van der Waals surface area contributed by atoms with Gasteiger partial charge < -0.3 is 0 Å². The maximum atomic E-state index is 11.9. The first-order valence-electron chi connectivity index (χ1n) is 3.89. The lowest BCUT2D eigenvalue weighted by Crippen LogP contribution is -2.38. The molecule has 1 rings (SSSR count). The van der Waals surface area contributed by atoms with Crippen molar-refractivity contribution in [3.05, 3.63) is 0 Å². The second kappa shape index (κ2) is 3.83. The van der Waals surface area contributed by atoms with Crippen LogP contribution >= 0.6 is 11.6 Å². The van der Waals surface area contributed by atoms with Gasteiger partial charge in [-0.2, -0.15) is 13.2 Å². The number of rotatable bonds is 2. The molecule has 1 unspecified atom stereocenters. The van der Waals surface area contributed by atoms with Gasteiger partial charge in [-0.15, -0.1) is 11.6 Å². The van der Waals surface area contributed by atoms with Gasteiger partial charge in [-0.3, -0.25) is 4.90 Å². The van der Waals surface area contributed by atoms with Crippen molar-refractivity contribution < 1.29 is 13.2 Å². The first-order valence-corrected chi connectivity index (χ1v) is 4.43. The van der Waals surface area contributed by atoms with Gasteiger partial charge in [-0.05, 0) is 19.4 Å². The van der Waals surface area contributed by atoms with Crippen molar-refractivity contribution in [3.63, 3.8) is 0 Å². The average Bonchev–Trinajstić information content (AvgIpc) is 2.31. The fourth-order valence-electron chi connectivity index (χ4n) is 1.51. The van der Waals surface area contributed by atoms with E-state index in [1.165, 1.54) is 4.90 Å². The number of hydrogen-bond donors (Lipinski definition) is 0. The van der Waals surface area contributed by atoms with E-state index < -0.39 is 12.7 Å². The molecular weight excluding hydrogens is 191 g/mol. The van der Waals surface area contributed by atoms with Crippen LogP contribution in [0, 0.1) is 0 Å². The Morgan fingerprint density at radius 2 is 2.08 bits per heavy atom. The Hall–Kier alpha value is 0.0400. The van der Waals surface area contributed by atoms with Crippen molar-refractivity contribution in [1.29, 1.82) is 0 Å². The van der Waals surface area contributed by atoms with E-state index in [9.17, 15) is 13.2 Å². The number of nitrogens with zero attached hydrogens (tertiary/aromatic N) is 1. The summed E-state index contributed by atoms with van der Waals surface area (Å²) in [7, 11) is 0. The van der Waals surface area contributed by atoms with Crippen LogP contribution < -0.4 is 0 Å². The zero-order chi connectivity index (χ0) is 9.19. The van der Waals surface area contributed by atoms with Crippen molar-refractivity contribution in [2.24, 2.45) is 0 Å². The Labute approximate surface area is 74.5 Å². The van der Waals surface area contributed by atoms with Crippen LogP contribution in [0.2, 0.25) is 0 Å². The van der Waals surface area contributed by atoms with Gasteiger partial charge in [0.05, 0.1) is 6.54 Å². The topological polar surface area (TPSA) is 3.24 Å². The average molecular weight is 202 g/mol. The highest BCUT2D eigenvalue weighted by Gasteiger charge is 2.35. The number of hydrogen-bond acceptors (Lipinski definition) is 1. The van der Waals surface area contributed by atoms with Gasteiger partial charge in [0.2, 0.25) is 0 Å². The molecule has 0 aromatic carbocycles. The third-order valence-corrected chi connectivity index (χ3v) is 2.42. The van der Waals surface area contributed by atoms with Gasteiger partial charge in [-0.25, -0.2) is 0 Å². The molecule has 12 heavy (non-hydrogen) atoms. The van der Waals surface area contributed by atoms with Crippen molar-refractivity contribution >= 4 is 11.6 Å². The van der Waals surface area contributed by atoms with Gasteiger partial charge in [0, 0.05) is 11.9 Å². The predicted octanol–water partition coefficient (Wildman–Crippen LogP) is 2.25. The standard InChI is InChI=1S/C7H11ClF3N/c8-4-6-2-1-3-12(6)5-7(9,10)11/h6H,1-5H2. The van der Waals surface area contributed by atoms with Crippen molar-refractivity contribution in [2.75, 3.05) is 19.0 Å². The van der Waals surface area contributed by atoms with Crippen LogP contribution in [0.3, 0.4) is 0 Å². The van der Waals surface area contributed by atoms with Gasteiger partial charge >= 0.3 is 6.18 Å². The lowest BCUT2D eigenvalue weighted by atomic mass is 10.2. The predicted molar refractivity (Wildman–Crippen MR) is 41.4 cm³/mol. The normalized spacial score (nSPS) is 26.5. The van der Waals surface area contributed by atoms with Gasteiger partial charge in [0.1, 0.15) is 0 Å². The van der Waals surface area contributed by atoms with Crippen LogP contribution in [0.25, 0.3) is 0 Å². The zero-order valence-corrected chi connectivity index (χ0v) is 7.33. The van der Waals surface area contributed by atoms with Gasteiger partial charge in [-0.1, -0.05) is 0 Å². The summed E-state index contributed by atoms with van der Waals surface area (Å²) in [4.78, 5) is 1.41. The molecule has 0 aliphatic carbocycles. The molecule has 1 aliphatic rings. The van der Waals surface area contributed by atoms with E-state index in [4.69, 9.17) is 11.6 Å². The van der Waals surface area contributed by atoms with Crippen LogP contribution in [0.4, 0.5) is 13.2 Å². The third-order valence-electron chi connectivity index (χ3n) is 2.06. The van der Waals surface area contributed by atoms with E-state index in [1.54, 1.807) is 0 Å². The van der Waals surface area contributed by atoms with Gasteiger partial charge in [0.25, 0.3) is 0 Å². The Bertz CT molecular complexity index is 148. The summed E-state index contributed by atoms with van der Waals surface area (Å²) >= 11 is 5.52. The summed E-state index contributed by atoms with van der Waals surface area (Å²) in [6, 6.07) is -0.0757. The number of likely N-dealkylation sites (tertiary alicyclic amines) is 1. The summed E-state index contributed by atoms with van der Waals surface area (Å²) in [6.07, 6.45) is -2.47. The first kappa shape index (κ1) is 10.1. The molecule has 1 aliphatic heterocycles. The van der Waals surface area contributed by atoms with E-state index in [0.29, 0.717) is 12.4 Å². The molecule has 1 atom stereocenters. The van der Waals surface area contributed by atoms with E-state index in [2.05, 4.69) is 0 Å². The zero-order valence-electron chi connectivity index (χ0n) is 6.57. The first-order chi connectivity index (χ1) is 5.53. The summed E-state index contributed by atoms with van der Waals surface area (Å²) in [6.45, 7) is -0.290. The summed E-state index contributed by atoms with van der Waals surface area (Å²) in [5.74, 6) is 0.302. The van der Waals surface area contributed by atoms with Crippen LogP contribution in [0.15, 0.2) is 0 Å². The maximum absolute atomic E-state index is 11.9. The fourth-order valence-corrected chi connectivity index (χ4v) is 1.86.